The van der Waals surface area contributed by atoms with Crippen LogP contribution in [0.1, 0.15) is 37.7 Å². The Balaban J connectivity index is 0.000000414. The Morgan fingerprint density at radius 2 is 1.64 bits per heavy atom. The molecule has 1 unspecified atom stereocenters. The van der Waals surface area contributed by atoms with Crippen molar-refractivity contribution in [2.75, 3.05) is 26.2 Å². The molecule has 0 saturated carbocycles. The van der Waals surface area contributed by atoms with E-state index in [1.165, 1.54) is 12.0 Å². The molecule has 2 fully saturated rings. The number of likely N-dealkylation sites (tertiary alicyclic amines) is 2. The highest BCUT2D eigenvalue weighted by Crippen LogP contribution is 2.25. The zero-order valence-electron chi connectivity index (χ0n) is 18.5. The normalized spacial score (nSPS) is 19.2. The molecule has 2 aliphatic rings. The molecule has 33 heavy (non-hydrogen) atoms. The molecular formula is C24H30Cl2N2O5. The molecule has 0 aromatic heterocycles. The lowest BCUT2D eigenvalue weighted by Crippen LogP contribution is -2.50. The van der Waals surface area contributed by atoms with Crippen molar-refractivity contribution in [3.8, 4) is 0 Å². The number of benzene rings is 1. The third-order valence-electron chi connectivity index (χ3n) is 5.69. The molecule has 0 aliphatic carbocycles. The monoisotopic (exact) mass is 496 g/mol. The number of rotatable bonds is 6. The van der Waals surface area contributed by atoms with E-state index in [0.29, 0.717) is 34.7 Å². The highest BCUT2D eigenvalue weighted by molar-refractivity contribution is 6.42. The Morgan fingerprint density at radius 3 is 2.21 bits per heavy atom. The van der Waals surface area contributed by atoms with Gasteiger partial charge in [0.15, 0.2) is 0 Å². The van der Waals surface area contributed by atoms with Crippen LogP contribution >= 0.6 is 23.2 Å². The summed E-state index contributed by atoms with van der Waals surface area (Å²) in [5, 5.41) is 16.7. The SMILES string of the molecule is C=C1CCN(CC2CCCCN2C(=O)Cc2ccc(Cl)c(Cl)c2)CC1.O=C(O)/C=C\C(=O)O. The van der Waals surface area contributed by atoms with Gasteiger partial charge in [-0.05, 0) is 49.8 Å². The van der Waals surface area contributed by atoms with Crippen molar-refractivity contribution in [2.45, 2.75) is 44.6 Å². The fourth-order valence-electron chi connectivity index (χ4n) is 3.94. The lowest BCUT2D eigenvalue weighted by molar-refractivity contribution is -0.134. The van der Waals surface area contributed by atoms with Crippen LogP contribution in [-0.2, 0) is 20.8 Å². The average molecular weight is 497 g/mol. The predicted molar refractivity (Wildman–Crippen MR) is 129 cm³/mol. The van der Waals surface area contributed by atoms with Crippen LogP contribution < -0.4 is 0 Å². The molecule has 2 saturated heterocycles. The minimum Gasteiger partial charge on any atom is -0.478 e. The van der Waals surface area contributed by atoms with E-state index < -0.39 is 11.9 Å². The van der Waals surface area contributed by atoms with Crippen molar-refractivity contribution in [1.82, 2.24) is 9.80 Å². The summed E-state index contributed by atoms with van der Waals surface area (Å²) >= 11 is 12.1. The standard InChI is InChI=1S/C20H26Cl2N2O.C4H4O4/c1-15-7-10-23(11-8-15)14-17-4-2-3-9-24(17)20(25)13-16-5-6-18(21)19(22)12-16;5-3(6)1-2-4(7)8/h5-6,12,17H,1-4,7-11,13-14H2;1-2H,(H,5,6)(H,7,8)/b;2-1-. The molecule has 1 amide bonds. The van der Waals surface area contributed by atoms with E-state index >= 15 is 0 Å². The summed E-state index contributed by atoms with van der Waals surface area (Å²) in [5.74, 6) is -2.32. The van der Waals surface area contributed by atoms with E-state index in [4.69, 9.17) is 33.4 Å². The summed E-state index contributed by atoms with van der Waals surface area (Å²) in [7, 11) is 0. The van der Waals surface area contributed by atoms with Crippen molar-refractivity contribution in [2.24, 2.45) is 0 Å². The molecule has 1 atom stereocenters. The van der Waals surface area contributed by atoms with E-state index in [2.05, 4.69) is 16.4 Å². The van der Waals surface area contributed by atoms with E-state index in [-0.39, 0.29) is 5.91 Å². The Bertz CT molecular complexity index is 877. The van der Waals surface area contributed by atoms with E-state index in [9.17, 15) is 14.4 Å². The Morgan fingerprint density at radius 1 is 1.00 bits per heavy atom. The van der Waals surface area contributed by atoms with Gasteiger partial charge in [-0.2, -0.15) is 0 Å². The number of nitrogens with zero attached hydrogens (tertiary/aromatic N) is 2. The fourth-order valence-corrected chi connectivity index (χ4v) is 4.26. The van der Waals surface area contributed by atoms with Crippen molar-refractivity contribution < 1.29 is 24.6 Å². The third kappa shape index (κ3) is 9.58. The average Bonchev–Trinajstić information content (AvgIpc) is 2.77. The maximum atomic E-state index is 12.9. The molecular weight excluding hydrogens is 467 g/mol. The van der Waals surface area contributed by atoms with Crippen LogP contribution in [0.15, 0.2) is 42.5 Å². The summed E-state index contributed by atoms with van der Waals surface area (Å²) < 4.78 is 0. The number of carbonyl (C=O) groups is 3. The smallest absolute Gasteiger partial charge is 0.328 e. The van der Waals surface area contributed by atoms with Gasteiger partial charge in [0, 0.05) is 44.4 Å². The maximum Gasteiger partial charge on any atom is 0.328 e. The number of piperidine rings is 2. The molecule has 0 bridgehead atoms. The fraction of sp³-hybridized carbons (Fsp3) is 0.458. The lowest BCUT2D eigenvalue weighted by Gasteiger charge is -2.40. The second-order valence-electron chi connectivity index (χ2n) is 8.22. The van der Waals surface area contributed by atoms with Gasteiger partial charge in [-0.3, -0.25) is 4.79 Å². The largest absolute Gasteiger partial charge is 0.478 e. The third-order valence-corrected chi connectivity index (χ3v) is 6.43. The molecule has 180 valence electrons. The molecule has 0 spiro atoms. The van der Waals surface area contributed by atoms with Crippen LogP contribution in [0.5, 0.6) is 0 Å². The van der Waals surface area contributed by atoms with Crippen LogP contribution in [0.3, 0.4) is 0 Å². The Kier molecular flexibility index (Phi) is 10.9. The molecule has 1 aromatic rings. The van der Waals surface area contributed by atoms with Crippen molar-refractivity contribution in [3.63, 3.8) is 0 Å². The van der Waals surface area contributed by atoms with E-state index in [1.54, 1.807) is 12.1 Å². The van der Waals surface area contributed by atoms with Crippen LogP contribution in [0.2, 0.25) is 10.0 Å². The summed E-state index contributed by atoms with van der Waals surface area (Å²) in [6.45, 7) is 8.09. The van der Waals surface area contributed by atoms with Gasteiger partial charge in [-0.25, -0.2) is 9.59 Å². The topological polar surface area (TPSA) is 98.2 Å². The number of aliphatic carboxylic acids is 2. The summed E-state index contributed by atoms with van der Waals surface area (Å²) in [4.78, 5) is 36.6. The molecule has 9 heteroatoms. The van der Waals surface area contributed by atoms with Gasteiger partial charge in [0.25, 0.3) is 0 Å². The summed E-state index contributed by atoms with van der Waals surface area (Å²) in [6, 6.07) is 5.79. The minimum atomic E-state index is -1.26. The highest BCUT2D eigenvalue weighted by Gasteiger charge is 2.29. The van der Waals surface area contributed by atoms with Crippen LogP contribution in [-0.4, -0.2) is 70.1 Å². The van der Waals surface area contributed by atoms with Crippen LogP contribution in [0.25, 0.3) is 0 Å². The van der Waals surface area contributed by atoms with Gasteiger partial charge in [0.05, 0.1) is 16.5 Å². The van der Waals surface area contributed by atoms with Crippen LogP contribution in [0.4, 0.5) is 0 Å². The summed E-state index contributed by atoms with van der Waals surface area (Å²) in [5.41, 5.74) is 2.28. The number of amides is 1. The van der Waals surface area contributed by atoms with Gasteiger partial charge < -0.3 is 20.0 Å². The number of hydrogen-bond donors (Lipinski definition) is 2. The first-order chi connectivity index (χ1) is 15.7. The Hall–Kier alpha value is -2.35. The molecule has 1 aromatic carbocycles. The Labute approximate surface area is 204 Å². The molecule has 7 nitrogen and oxygen atoms in total. The number of hydrogen-bond acceptors (Lipinski definition) is 4. The number of carbonyl (C=O) groups excluding carboxylic acids is 1. The maximum absolute atomic E-state index is 12.9. The quantitative estimate of drug-likeness (QED) is 0.450. The zero-order chi connectivity index (χ0) is 24.4. The molecule has 2 heterocycles. The minimum absolute atomic E-state index is 0.199. The first-order valence-corrected chi connectivity index (χ1v) is 11.7. The second kappa shape index (κ2) is 13.4. The molecule has 0 radical (unpaired) electrons. The van der Waals surface area contributed by atoms with Gasteiger partial charge in [0.2, 0.25) is 5.91 Å². The van der Waals surface area contributed by atoms with Crippen molar-refractivity contribution in [1.29, 1.82) is 0 Å². The van der Waals surface area contributed by atoms with Gasteiger partial charge in [-0.1, -0.05) is 41.4 Å². The highest BCUT2D eigenvalue weighted by atomic mass is 35.5. The van der Waals surface area contributed by atoms with Crippen LogP contribution in [0, 0.1) is 0 Å². The first kappa shape index (κ1) is 26.9. The lowest BCUT2D eigenvalue weighted by atomic mass is 9.98. The molecule has 3 rings (SSSR count). The number of halogens is 2. The first-order valence-electron chi connectivity index (χ1n) is 10.9. The molecule has 2 aliphatic heterocycles. The van der Waals surface area contributed by atoms with Gasteiger partial charge in [0.1, 0.15) is 0 Å². The summed E-state index contributed by atoms with van der Waals surface area (Å²) in [6.07, 6.45) is 7.09. The second-order valence-corrected chi connectivity index (χ2v) is 9.04. The van der Waals surface area contributed by atoms with Crippen molar-refractivity contribution >= 4 is 41.0 Å². The van der Waals surface area contributed by atoms with Gasteiger partial charge in [-0.15, -0.1) is 0 Å². The zero-order valence-corrected chi connectivity index (χ0v) is 20.0. The molecule has 2 N–H and O–H groups in total. The van der Waals surface area contributed by atoms with Gasteiger partial charge >= 0.3 is 11.9 Å². The number of carboxylic acids is 2. The van der Waals surface area contributed by atoms with E-state index in [0.717, 1.165) is 57.4 Å². The predicted octanol–water partition coefficient (Wildman–Crippen LogP) is 4.28. The number of carboxylic acid groups (broad SMARTS) is 2. The van der Waals surface area contributed by atoms with Crippen molar-refractivity contribution in [3.05, 3.63) is 58.1 Å². The van der Waals surface area contributed by atoms with E-state index in [1.807, 2.05) is 6.07 Å².